The van der Waals surface area contributed by atoms with Crippen molar-refractivity contribution in [3.05, 3.63) is 53.5 Å². The first-order chi connectivity index (χ1) is 12.0. The van der Waals surface area contributed by atoms with Crippen LogP contribution in [0.25, 0.3) is 10.2 Å². The zero-order valence-corrected chi connectivity index (χ0v) is 14.4. The number of para-hydroxylation sites is 1. The standard InChI is InChI=1S/C18H17N3O3S/c1-21(12-5-3-2-4-6-12)13-7-8-14-15(9-13)25-17(20-14)10-16(22)19-11-18(23)24/h2-9H,10-11H2,1H3,(H,19,22)(H,23,24). The van der Waals surface area contributed by atoms with E-state index in [4.69, 9.17) is 5.11 Å². The Bertz CT molecular complexity index is 908. The number of nitrogens with one attached hydrogen (secondary N) is 1. The van der Waals surface area contributed by atoms with E-state index >= 15 is 0 Å². The summed E-state index contributed by atoms with van der Waals surface area (Å²) in [5.74, 6) is -1.41. The van der Waals surface area contributed by atoms with E-state index in [2.05, 4.69) is 15.2 Å². The molecule has 25 heavy (non-hydrogen) atoms. The van der Waals surface area contributed by atoms with E-state index < -0.39 is 5.97 Å². The third kappa shape index (κ3) is 4.13. The highest BCUT2D eigenvalue weighted by molar-refractivity contribution is 7.18. The number of rotatable bonds is 6. The quantitative estimate of drug-likeness (QED) is 0.710. The number of nitrogens with zero attached hydrogens (tertiary/aromatic N) is 2. The summed E-state index contributed by atoms with van der Waals surface area (Å²) in [5.41, 5.74) is 2.94. The summed E-state index contributed by atoms with van der Waals surface area (Å²) < 4.78 is 0.987. The average molecular weight is 355 g/mol. The molecule has 0 aliphatic heterocycles. The van der Waals surface area contributed by atoms with Gasteiger partial charge in [-0.25, -0.2) is 4.98 Å². The van der Waals surface area contributed by atoms with Crippen molar-refractivity contribution in [1.29, 1.82) is 0 Å². The third-order valence-corrected chi connectivity index (χ3v) is 4.71. The number of carbonyl (C=O) groups excluding carboxylic acids is 1. The van der Waals surface area contributed by atoms with E-state index in [1.165, 1.54) is 11.3 Å². The van der Waals surface area contributed by atoms with E-state index in [1.807, 2.05) is 55.6 Å². The van der Waals surface area contributed by atoms with Crippen molar-refractivity contribution in [3.63, 3.8) is 0 Å². The number of thiazole rings is 1. The molecule has 0 bridgehead atoms. The minimum absolute atomic E-state index is 0.0798. The molecule has 0 radical (unpaired) electrons. The fourth-order valence-corrected chi connectivity index (χ4v) is 3.42. The molecule has 1 heterocycles. The molecule has 6 nitrogen and oxygen atoms in total. The summed E-state index contributed by atoms with van der Waals surface area (Å²) in [4.78, 5) is 28.7. The van der Waals surface area contributed by atoms with Crippen LogP contribution in [0.15, 0.2) is 48.5 Å². The maximum absolute atomic E-state index is 11.7. The van der Waals surface area contributed by atoms with Gasteiger partial charge in [0, 0.05) is 18.4 Å². The Morgan fingerprint density at radius 2 is 1.92 bits per heavy atom. The maximum Gasteiger partial charge on any atom is 0.322 e. The molecule has 128 valence electrons. The Hall–Kier alpha value is -2.93. The van der Waals surface area contributed by atoms with Gasteiger partial charge in [0.15, 0.2) is 0 Å². The predicted octanol–water partition coefficient (Wildman–Crippen LogP) is 2.81. The van der Waals surface area contributed by atoms with Gasteiger partial charge in [0.1, 0.15) is 11.6 Å². The molecule has 0 spiro atoms. The van der Waals surface area contributed by atoms with Gasteiger partial charge >= 0.3 is 5.97 Å². The molecule has 3 rings (SSSR count). The van der Waals surface area contributed by atoms with Crippen molar-refractivity contribution in [2.24, 2.45) is 0 Å². The highest BCUT2D eigenvalue weighted by Crippen LogP contribution is 2.30. The molecule has 2 aromatic carbocycles. The van der Waals surface area contributed by atoms with Crippen molar-refractivity contribution < 1.29 is 14.7 Å². The zero-order chi connectivity index (χ0) is 17.8. The van der Waals surface area contributed by atoms with Crippen LogP contribution in [0.4, 0.5) is 11.4 Å². The zero-order valence-electron chi connectivity index (χ0n) is 13.6. The molecule has 0 aliphatic carbocycles. The molecule has 0 saturated carbocycles. The lowest BCUT2D eigenvalue weighted by Crippen LogP contribution is -2.30. The second-order valence-electron chi connectivity index (χ2n) is 5.50. The van der Waals surface area contributed by atoms with E-state index in [0.717, 1.165) is 21.6 Å². The van der Waals surface area contributed by atoms with Crippen molar-refractivity contribution in [2.45, 2.75) is 6.42 Å². The molecular formula is C18H17N3O3S. The summed E-state index contributed by atoms with van der Waals surface area (Å²) in [6.45, 7) is -0.379. The first kappa shape index (κ1) is 16.9. The Labute approximate surface area is 148 Å². The number of amides is 1. The minimum atomic E-state index is -1.06. The lowest BCUT2D eigenvalue weighted by atomic mass is 10.2. The van der Waals surface area contributed by atoms with E-state index in [-0.39, 0.29) is 18.9 Å². The number of aromatic nitrogens is 1. The summed E-state index contributed by atoms with van der Waals surface area (Å²) in [6, 6.07) is 16.0. The number of carbonyl (C=O) groups is 2. The topological polar surface area (TPSA) is 82.5 Å². The smallest absolute Gasteiger partial charge is 0.322 e. The highest BCUT2D eigenvalue weighted by atomic mass is 32.1. The molecule has 0 unspecified atom stereocenters. The SMILES string of the molecule is CN(c1ccccc1)c1ccc2nc(CC(=O)NCC(=O)O)sc2c1. The monoisotopic (exact) mass is 355 g/mol. The molecule has 0 saturated heterocycles. The van der Waals surface area contributed by atoms with Crippen molar-refractivity contribution in [1.82, 2.24) is 10.3 Å². The van der Waals surface area contributed by atoms with Gasteiger partial charge in [-0.15, -0.1) is 11.3 Å². The Morgan fingerprint density at radius 1 is 1.16 bits per heavy atom. The first-order valence-corrected chi connectivity index (χ1v) is 8.51. The van der Waals surface area contributed by atoms with Gasteiger partial charge in [-0.05, 0) is 30.3 Å². The van der Waals surface area contributed by atoms with Crippen LogP contribution in [0.1, 0.15) is 5.01 Å². The van der Waals surface area contributed by atoms with Crippen LogP contribution in [-0.4, -0.2) is 35.6 Å². The maximum atomic E-state index is 11.7. The van der Waals surface area contributed by atoms with Gasteiger partial charge in [0.05, 0.1) is 16.6 Å². The molecule has 0 aliphatic rings. The minimum Gasteiger partial charge on any atom is -0.480 e. The fourth-order valence-electron chi connectivity index (χ4n) is 2.42. The lowest BCUT2D eigenvalue weighted by molar-refractivity contribution is -0.137. The molecular weight excluding hydrogens is 338 g/mol. The predicted molar refractivity (Wildman–Crippen MR) is 98.5 cm³/mol. The normalized spacial score (nSPS) is 10.6. The summed E-state index contributed by atoms with van der Waals surface area (Å²) in [5, 5.41) is 11.6. The van der Waals surface area contributed by atoms with Crippen LogP contribution in [0.2, 0.25) is 0 Å². The Morgan fingerprint density at radius 3 is 2.64 bits per heavy atom. The molecule has 2 N–H and O–H groups in total. The lowest BCUT2D eigenvalue weighted by Gasteiger charge is -2.19. The van der Waals surface area contributed by atoms with E-state index in [1.54, 1.807) is 0 Å². The molecule has 1 amide bonds. The Kier molecular flexibility index (Phi) is 4.95. The molecule has 0 fully saturated rings. The molecule has 0 atom stereocenters. The van der Waals surface area contributed by atoms with Crippen molar-refractivity contribution in [2.75, 3.05) is 18.5 Å². The first-order valence-electron chi connectivity index (χ1n) is 7.69. The van der Waals surface area contributed by atoms with Crippen LogP contribution in [0.5, 0.6) is 0 Å². The van der Waals surface area contributed by atoms with Gasteiger partial charge in [0.25, 0.3) is 0 Å². The van der Waals surface area contributed by atoms with Crippen LogP contribution < -0.4 is 10.2 Å². The number of hydrogen-bond acceptors (Lipinski definition) is 5. The van der Waals surface area contributed by atoms with Gasteiger partial charge in [-0.2, -0.15) is 0 Å². The summed E-state index contributed by atoms with van der Waals surface area (Å²) in [6.07, 6.45) is 0.0798. The second kappa shape index (κ2) is 7.31. The largest absolute Gasteiger partial charge is 0.480 e. The van der Waals surface area contributed by atoms with Gasteiger partial charge in [-0.1, -0.05) is 18.2 Å². The molecule has 1 aromatic heterocycles. The Balaban J connectivity index is 1.77. The van der Waals surface area contributed by atoms with Gasteiger partial charge < -0.3 is 15.3 Å². The molecule has 3 aromatic rings. The number of carboxylic acid groups (broad SMARTS) is 1. The van der Waals surface area contributed by atoms with E-state index in [9.17, 15) is 9.59 Å². The summed E-state index contributed by atoms with van der Waals surface area (Å²) in [7, 11) is 2.00. The van der Waals surface area contributed by atoms with Gasteiger partial charge in [0.2, 0.25) is 5.91 Å². The summed E-state index contributed by atoms with van der Waals surface area (Å²) >= 11 is 1.44. The number of hydrogen-bond donors (Lipinski definition) is 2. The van der Waals surface area contributed by atoms with Crippen molar-refractivity contribution in [3.8, 4) is 0 Å². The number of aliphatic carboxylic acids is 1. The van der Waals surface area contributed by atoms with Crippen LogP contribution in [0, 0.1) is 0 Å². The van der Waals surface area contributed by atoms with Crippen LogP contribution in [0.3, 0.4) is 0 Å². The van der Waals surface area contributed by atoms with Gasteiger partial charge in [-0.3, -0.25) is 9.59 Å². The van der Waals surface area contributed by atoms with E-state index in [0.29, 0.717) is 5.01 Å². The third-order valence-electron chi connectivity index (χ3n) is 3.70. The number of fused-ring (bicyclic) bond motifs is 1. The number of carboxylic acids is 1. The second-order valence-corrected chi connectivity index (χ2v) is 6.62. The van der Waals surface area contributed by atoms with Crippen LogP contribution in [-0.2, 0) is 16.0 Å². The number of benzene rings is 2. The molecule has 7 heteroatoms. The van der Waals surface area contributed by atoms with Crippen LogP contribution >= 0.6 is 11.3 Å². The highest BCUT2D eigenvalue weighted by Gasteiger charge is 2.11. The average Bonchev–Trinajstić information content (AvgIpc) is 3.01. The fraction of sp³-hybridized carbons (Fsp3) is 0.167. The number of anilines is 2. The van der Waals surface area contributed by atoms with Crippen molar-refractivity contribution >= 4 is 44.8 Å².